The number of nitrogens with zero attached hydrogens (tertiary/aromatic N) is 3. The molecular formula is C16H14N4O3S. The summed E-state index contributed by atoms with van der Waals surface area (Å²) >= 11 is 4.89. The zero-order valence-corrected chi connectivity index (χ0v) is 13.8. The molecular weight excluding hydrogens is 328 g/mol. The largest absolute Gasteiger partial charge is 0.298 e. The minimum atomic E-state index is -0.769. The van der Waals surface area contributed by atoms with E-state index in [1.807, 2.05) is 6.07 Å². The zero-order valence-electron chi connectivity index (χ0n) is 13.0. The molecule has 1 N–H and O–H groups in total. The first kappa shape index (κ1) is 16.0. The fourth-order valence-corrected chi connectivity index (χ4v) is 2.63. The summed E-state index contributed by atoms with van der Waals surface area (Å²) in [5.74, 6) is -2.23. The lowest BCUT2D eigenvalue weighted by molar-refractivity contribution is -0.128. The minimum Gasteiger partial charge on any atom is -0.298 e. The molecule has 2 aliphatic rings. The lowest BCUT2D eigenvalue weighted by atomic mass is 9.99. The summed E-state index contributed by atoms with van der Waals surface area (Å²) in [7, 11) is 1.46. The Kier molecular flexibility index (Phi) is 3.98. The molecule has 2 heterocycles. The van der Waals surface area contributed by atoms with Crippen LogP contribution >= 0.6 is 12.2 Å². The minimum absolute atomic E-state index is 0.0381. The van der Waals surface area contributed by atoms with Crippen LogP contribution in [0.3, 0.4) is 0 Å². The van der Waals surface area contributed by atoms with Gasteiger partial charge in [0.15, 0.2) is 5.11 Å². The molecule has 1 aromatic rings. The quantitative estimate of drug-likeness (QED) is 0.490. The predicted octanol–water partition coefficient (Wildman–Crippen LogP) is 0.825. The second kappa shape index (κ2) is 5.97. The number of rotatable bonds is 2. The van der Waals surface area contributed by atoms with Crippen molar-refractivity contribution in [3.05, 3.63) is 42.0 Å². The van der Waals surface area contributed by atoms with Crippen molar-refractivity contribution in [3.8, 4) is 0 Å². The van der Waals surface area contributed by atoms with E-state index in [2.05, 4.69) is 10.4 Å². The molecule has 8 heteroatoms. The lowest BCUT2D eigenvalue weighted by Gasteiger charge is -2.25. The van der Waals surface area contributed by atoms with Crippen molar-refractivity contribution in [1.82, 2.24) is 10.2 Å². The Balaban J connectivity index is 1.92. The number of likely N-dealkylation sites (N-methyl/N-ethyl adjacent to an activating group) is 1. The summed E-state index contributed by atoms with van der Waals surface area (Å²) in [5, 5.41) is 7.98. The number of para-hydroxylation sites is 1. The SMILES string of the molecule is CC1=NN(c2ccccc2)C(=O)C1/C=C1\C(=O)NC(=S)N(C)C1=O. The number of anilines is 1. The van der Waals surface area contributed by atoms with Crippen molar-refractivity contribution in [2.75, 3.05) is 12.1 Å². The third-order valence-electron chi connectivity index (χ3n) is 3.82. The molecule has 24 heavy (non-hydrogen) atoms. The highest BCUT2D eigenvalue weighted by Crippen LogP contribution is 2.25. The average molecular weight is 342 g/mol. The fraction of sp³-hybridized carbons (Fsp3) is 0.188. The molecule has 0 aliphatic carbocycles. The first-order valence-electron chi connectivity index (χ1n) is 7.19. The summed E-state index contributed by atoms with van der Waals surface area (Å²) in [6.45, 7) is 1.68. The molecule has 122 valence electrons. The van der Waals surface area contributed by atoms with Crippen LogP contribution in [0.5, 0.6) is 0 Å². The van der Waals surface area contributed by atoms with Crippen LogP contribution in [0.25, 0.3) is 0 Å². The Morgan fingerprint density at radius 3 is 2.54 bits per heavy atom. The molecule has 0 saturated carbocycles. The Bertz CT molecular complexity index is 816. The van der Waals surface area contributed by atoms with Gasteiger partial charge in [0.05, 0.1) is 17.3 Å². The molecule has 1 fully saturated rings. The maximum Gasteiger partial charge on any atom is 0.265 e. The van der Waals surface area contributed by atoms with Crippen molar-refractivity contribution in [3.63, 3.8) is 0 Å². The van der Waals surface area contributed by atoms with Gasteiger partial charge in [-0.25, -0.2) is 0 Å². The molecule has 1 aromatic carbocycles. The molecule has 0 radical (unpaired) electrons. The molecule has 7 nitrogen and oxygen atoms in total. The van der Waals surface area contributed by atoms with Crippen molar-refractivity contribution >= 4 is 46.5 Å². The van der Waals surface area contributed by atoms with Gasteiger partial charge in [-0.05, 0) is 37.4 Å². The summed E-state index contributed by atoms with van der Waals surface area (Å²) in [5.41, 5.74) is 1.02. The van der Waals surface area contributed by atoms with E-state index in [0.717, 1.165) is 4.90 Å². The number of amides is 3. The normalized spacial score (nSPS) is 23.0. The number of carbonyl (C=O) groups is 3. The van der Waals surface area contributed by atoms with Gasteiger partial charge < -0.3 is 0 Å². The van der Waals surface area contributed by atoms with Gasteiger partial charge in [-0.1, -0.05) is 18.2 Å². The number of hydrogen-bond acceptors (Lipinski definition) is 5. The van der Waals surface area contributed by atoms with E-state index in [1.165, 1.54) is 18.1 Å². The summed E-state index contributed by atoms with van der Waals surface area (Å²) < 4.78 is 0. The molecule has 1 unspecified atom stereocenters. The number of nitrogens with one attached hydrogen (secondary N) is 1. The monoisotopic (exact) mass is 342 g/mol. The molecule has 1 saturated heterocycles. The second-order valence-corrected chi connectivity index (χ2v) is 5.80. The molecule has 0 bridgehead atoms. The standard InChI is InChI=1S/C16H14N4O3S/c1-9-11(8-12-13(21)17-16(24)19(2)14(12)22)15(23)20(18-9)10-6-4-3-5-7-10/h3-8,11H,1-2H3,(H,17,21,24)/b12-8+. The van der Waals surface area contributed by atoms with Crippen LogP contribution in [0, 0.1) is 5.92 Å². The highest BCUT2D eigenvalue weighted by molar-refractivity contribution is 7.80. The predicted molar refractivity (Wildman–Crippen MR) is 92.1 cm³/mol. The van der Waals surface area contributed by atoms with E-state index in [-0.39, 0.29) is 16.6 Å². The van der Waals surface area contributed by atoms with Gasteiger partial charge in [-0.2, -0.15) is 10.1 Å². The fourth-order valence-electron chi connectivity index (χ4n) is 2.46. The van der Waals surface area contributed by atoms with Gasteiger partial charge in [-0.3, -0.25) is 24.6 Å². The first-order valence-corrected chi connectivity index (χ1v) is 7.60. The topological polar surface area (TPSA) is 82.1 Å². The number of hydrazone groups is 1. The van der Waals surface area contributed by atoms with Crippen molar-refractivity contribution < 1.29 is 14.4 Å². The van der Waals surface area contributed by atoms with Gasteiger partial charge in [0.2, 0.25) is 0 Å². The Morgan fingerprint density at radius 1 is 1.21 bits per heavy atom. The third kappa shape index (κ3) is 2.61. The number of hydrogen-bond donors (Lipinski definition) is 1. The smallest absolute Gasteiger partial charge is 0.265 e. The van der Waals surface area contributed by atoms with Gasteiger partial charge in [0.1, 0.15) is 5.57 Å². The lowest BCUT2D eigenvalue weighted by Crippen LogP contribution is -2.52. The summed E-state index contributed by atoms with van der Waals surface area (Å²) in [6.07, 6.45) is 1.35. The van der Waals surface area contributed by atoms with E-state index >= 15 is 0 Å². The van der Waals surface area contributed by atoms with Gasteiger partial charge in [0, 0.05) is 7.05 Å². The van der Waals surface area contributed by atoms with Crippen LogP contribution in [0.1, 0.15) is 6.92 Å². The van der Waals surface area contributed by atoms with E-state index in [4.69, 9.17) is 12.2 Å². The molecule has 1 atom stereocenters. The van der Waals surface area contributed by atoms with E-state index in [1.54, 1.807) is 31.2 Å². The van der Waals surface area contributed by atoms with Crippen molar-refractivity contribution in [2.24, 2.45) is 11.0 Å². The van der Waals surface area contributed by atoms with Crippen LogP contribution in [0.4, 0.5) is 5.69 Å². The highest BCUT2D eigenvalue weighted by Gasteiger charge is 2.37. The van der Waals surface area contributed by atoms with E-state index in [9.17, 15) is 14.4 Å². The average Bonchev–Trinajstić information content (AvgIpc) is 2.85. The molecule has 2 aliphatic heterocycles. The highest BCUT2D eigenvalue weighted by atomic mass is 32.1. The summed E-state index contributed by atoms with van der Waals surface area (Å²) in [6, 6.07) is 8.95. The first-order chi connectivity index (χ1) is 11.4. The Morgan fingerprint density at radius 2 is 1.88 bits per heavy atom. The van der Waals surface area contributed by atoms with Gasteiger partial charge in [0.25, 0.3) is 17.7 Å². The van der Waals surface area contributed by atoms with E-state index in [0.29, 0.717) is 11.4 Å². The van der Waals surface area contributed by atoms with Crippen molar-refractivity contribution in [1.29, 1.82) is 0 Å². The van der Waals surface area contributed by atoms with E-state index < -0.39 is 17.7 Å². The number of benzene rings is 1. The van der Waals surface area contributed by atoms with Crippen LogP contribution in [0.2, 0.25) is 0 Å². The van der Waals surface area contributed by atoms with Crippen LogP contribution < -0.4 is 10.3 Å². The van der Waals surface area contributed by atoms with Gasteiger partial charge in [-0.15, -0.1) is 0 Å². The molecule has 0 spiro atoms. The van der Waals surface area contributed by atoms with Crippen LogP contribution in [0.15, 0.2) is 47.1 Å². The zero-order chi connectivity index (χ0) is 17.4. The third-order valence-corrected chi connectivity index (χ3v) is 4.20. The molecule has 3 amide bonds. The Labute approximate surface area is 143 Å². The van der Waals surface area contributed by atoms with Crippen LogP contribution in [-0.2, 0) is 14.4 Å². The molecule has 0 aromatic heterocycles. The maximum atomic E-state index is 12.6. The number of carbonyl (C=O) groups excluding carboxylic acids is 3. The summed E-state index contributed by atoms with van der Waals surface area (Å²) in [4.78, 5) is 38.1. The Hall–Kier alpha value is -2.87. The van der Waals surface area contributed by atoms with Crippen LogP contribution in [-0.4, -0.2) is 40.5 Å². The maximum absolute atomic E-state index is 12.6. The van der Waals surface area contributed by atoms with Crippen molar-refractivity contribution in [2.45, 2.75) is 6.92 Å². The van der Waals surface area contributed by atoms with Gasteiger partial charge >= 0.3 is 0 Å². The molecule has 3 rings (SSSR count). The number of thiocarbonyl (C=S) groups is 1. The second-order valence-electron chi connectivity index (χ2n) is 5.41.